The van der Waals surface area contributed by atoms with Gasteiger partial charge >= 0.3 is 0 Å². The number of rotatable bonds is 6. The fourth-order valence-corrected chi connectivity index (χ4v) is 4.46. The minimum atomic E-state index is 0.112. The van der Waals surface area contributed by atoms with E-state index >= 15 is 0 Å². The van der Waals surface area contributed by atoms with Gasteiger partial charge in [-0.15, -0.1) is 11.3 Å². The molecule has 24 heavy (non-hydrogen) atoms. The van der Waals surface area contributed by atoms with Gasteiger partial charge in [-0.3, -0.25) is 9.69 Å². The van der Waals surface area contributed by atoms with Gasteiger partial charge in [-0.05, 0) is 42.3 Å². The molecular weight excluding hydrogens is 316 g/mol. The molecule has 1 aliphatic rings. The fraction of sp³-hybridized carbons (Fsp3) is 0.450. The third-order valence-corrected chi connectivity index (χ3v) is 5.86. The SMILES string of the molecule is CCCC(NC(=O)CN1CCc2sccc2C1C)c1ccccc1. The van der Waals surface area contributed by atoms with Crippen molar-refractivity contribution in [2.24, 2.45) is 0 Å². The molecule has 0 aliphatic carbocycles. The van der Waals surface area contributed by atoms with E-state index in [0.717, 1.165) is 25.8 Å². The molecule has 0 fully saturated rings. The summed E-state index contributed by atoms with van der Waals surface area (Å²) in [5, 5.41) is 5.41. The highest BCUT2D eigenvalue weighted by Gasteiger charge is 2.26. The zero-order valence-corrected chi connectivity index (χ0v) is 15.3. The Labute approximate surface area is 148 Å². The normalized spacial score (nSPS) is 18.8. The molecule has 2 atom stereocenters. The number of fused-ring (bicyclic) bond motifs is 1. The number of carbonyl (C=O) groups is 1. The zero-order valence-electron chi connectivity index (χ0n) is 14.5. The molecule has 128 valence electrons. The van der Waals surface area contributed by atoms with E-state index in [1.54, 1.807) is 0 Å². The summed E-state index contributed by atoms with van der Waals surface area (Å²) >= 11 is 1.84. The summed E-state index contributed by atoms with van der Waals surface area (Å²) in [5.74, 6) is 0.128. The summed E-state index contributed by atoms with van der Waals surface area (Å²) in [5.41, 5.74) is 2.59. The molecule has 0 radical (unpaired) electrons. The van der Waals surface area contributed by atoms with Crippen LogP contribution < -0.4 is 5.32 Å². The van der Waals surface area contributed by atoms with Gasteiger partial charge in [0.25, 0.3) is 0 Å². The first kappa shape index (κ1) is 17.2. The molecule has 2 aromatic rings. The maximum atomic E-state index is 12.6. The molecule has 2 unspecified atom stereocenters. The Hall–Kier alpha value is -1.65. The third-order valence-electron chi connectivity index (χ3n) is 4.86. The van der Waals surface area contributed by atoms with Crippen LogP contribution in [-0.2, 0) is 11.2 Å². The van der Waals surface area contributed by atoms with Crippen LogP contribution in [0, 0.1) is 0 Å². The molecule has 3 nitrogen and oxygen atoms in total. The van der Waals surface area contributed by atoms with Crippen LogP contribution in [0.3, 0.4) is 0 Å². The largest absolute Gasteiger partial charge is 0.348 e. The maximum Gasteiger partial charge on any atom is 0.234 e. The Bertz CT molecular complexity index is 667. The fourth-order valence-electron chi connectivity index (χ4n) is 3.50. The van der Waals surface area contributed by atoms with E-state index in [0.29, 0.717) is 12.6 Å². The topological polar surface area (TPSA) is 32.3 Å². The predicted molar refractivity (Wildman–Crippen MR) is 100 cm³/mol. The molecule has 1 amide bonds. The first-order chi connectivity index (χ1) is 11.7. The lowest BCUT2D eigenvalue weighted by molar-refractivity contribution is -0.123. The van der Waals surface area contributed by atoms with Crippen molar-refractivity contribution in [2.75, 3.05) is 13.1 Å². The average Bonchev–Trinajstić information content (AvgIpc) is 3.07. The van der Waals surface area contributed by atoms with E-state index in [1.165, 1.54) is 16.0 Å². The lowest BCUT2D eigenvalue weighted by Gasteiger charge is -2.33. The smallest absolute Gasteiger partial charge is 0.234 e. The monoisotopic (exact) mass is 342 g/mol. The second-order valence-corrected chi connectivity index (χ2v) is 7.52. The Balaban J connectivity index is 1.62. The Morgan fingerprint density at radius 2 is 2.12 bits per heavy atom. The molecule has 1 aromatic heterocycles. The average molecular weight is 343 g/mol. The van der Waals surface area contributed by atoms with Gasteiger partial charge in [0.2, 0.25) is 5.91 Å². The summed E-state index contributed by atoms with van der Waals surface area (Å²) in [7, 11) is 0. The van der Waals surface area contributed by atoms with Crippen LogP contribution in [0.5, 0.6) is 0 Å². The molecule has 1 N–H and O–H groups in total. The highest BCUT2D eigenvalue weighted by molar-refractivity contribution is 7.10. The quantitative estimate of drug-likeness (QED) is 0.848. The van der Waals surface area contributed by atoms with Crippen molar-refractivity contribution in [1.82, 2.24) is 10.2 Å². The van der Waals surface area contributed by atoms with E-state index in [9.17, 15) is 4.79 Å². The highest BCUT2D eigenvalue weighted by atomic mass is 32.1. The number of carbonyl (C=O) groups excluding carboxylic acids is 1. The van der Waals surface area contributed by atoms with Crippen molar-refractivity contribution in [3.63, 3.8) is 0 Å². The molecule has 3 rings (SSSR count). The van der Waals surface area contributed by atoms with Crippen LogP contribution in [0.1, 0.15) is 54.8 Å². The van der Waals surface area contributed by atoms with Crippen molar-refractivity contribution in [1.29, 1.82) is 0 Å². The summed E-state index contributed by atoms with van der Waals surface area (Å²) in [6.07, 6.45) is 3.08. The van der Waals surface area contributed by atoms with Crippen molar-refractivity contribution >= 4 is 17.2 Å². The van der Waals surface area contributed by atoms with Gasteiger partial charge in [-0.2, -0.15) is 0 Å². The summed E-state index contributed by atoms with van der Waals surface area (Å²) < 4.78 is 0. The van der Waals surface area contributed by atoms with Crippen LogP contribution in [0.4, 0.5) is 0 Å². The van der Waals surface area contributed by atoms with E-state index < -0.39 is 0 Å². The van der Waals surface area contributed by atoms with Crippen LogP contribution in [0.2, 0.25) is 0 Å². The Morgan fingerprint density at radius 3 is 2.88 bits per heavy atom. The molecule has 2 heterocycles. The molecule has 0 spiro atoms. The van der Waals surface area contributed by atoms with Gasteiger partial charge in [0, 0.05) is 17.5 Å². The van der Waals surface area contributed by atoms with E-state index in [2.05, 4.69) is 47.6 Å². The number of amides is 1. The number of thiophene rings is 1. The Morgan fingerprint density at radius 1 is 1.33 bits per heavy atom. The van der Waals surface area contributed by atoms with Crippen LogP contribution in [0.15, 0.2) is 41.8 Å². The van der Waals surface area contributed by atoms with Crippen LogP contribution >= 0.6 is 11.3 Å². The van der Waals surface area contributed by atoms with Crippen LogP contribution in [-0.4, -0.2) is 23.9 Å². The Kier molecular flexibility index (Phi) is 5.69. The lowest BCUT2D eigenvalue weighted by Crippen LogP contribution is -2.42. The van der Waals surface area contributed by atoms with Gasteiger partial charge in [0.1, 0.15) is 0 Å². The minimum Gasteiger partial charge on any atom is -0.348 e. The first-order valence-corrected chi connectivity index (χ1v) is 9.71. The molecule has 1 aliphatic heterocycles. The maximum absolute atomic E-state index is 12.6. The predicted octanol–water partition coefficient (Wildman–Crippen LogP) is 4.32. The number of hydrogen-bond acceptors (Lipinski definition) is 3. The second kappa shape index (κ2) is 7.95. The van der Waals surface area contributed by atoms with Crippen molar-refractivity contribution in [3.8, 4) is 0 Å². The van der Waals surface area contributed by atoms with E-state index in [1.807, 2.05) is 29.5 Å². The van der Waals surface area contributed by atoms with Gasteiger partial charge in [0.15, 0.2) is 0 Å². The van der Waals surface area contributed by atoms with Crippen LogP contribution in [0.25, 0.3) is 0 Å². The van der Waals surface area contributed by atoms with Gasteiger partial charge in [-0.25, -0.2) is 0 Å². The zero-order chi connectivity index (χ0) is 16.9. The molecule has 0 saturated carbocycles. The lowest BCUT2D eigenvalue weighted by atomic mass is 10.0. The molecule has 0 bridgehead atoms. The molecule has 4 heteroatoms. The summed E-state index contributed by atoms with van der Waals surface area (Å²) in [6.45, 7) is 5.81. The van der Waals surface area contributed by atoms with E-state index in [-0.39, 0.29) is 11.9 Å². The standard InChI is InChI=1S/C20H26N2OS/c1-3-7-18(16-8-5-4-6-9-16)21-20(23)14-22-12-10-19-17(15(22)2)11-13-24-19/h4-6,8-9,11,13,15,18H,3,7,10,12,14H2,1-2H3,(H,21,23). The number of nitrogens with zero attached hydrogens (tertiary/aromatic N) is 1. The highest BCUT2D eigenvalue weighted by Crippen LogP contribution is 2.32. The van der Waals surface area contributed by atoms with Crippen molar-refractivity contribution in [2.45, 2.75) is 45.2 Å². The molecule has 0 saturated heterocycles. The third kappa shape index (κ3) is 3.87. The summed E-state index contributed by atoms with van der Waals surface area (Å²) in [6, 6.07) is 12.9. The van der Waals surface area contributed by atoms with Gasteiger partial charge in [-0.1, -0.05) is 43.7 Å². The van der Waals surface area contributed by atoms with E-state index in [4.69, 9.17) is 0 Å². The molecule has 1 aromatic carbocycles. The number of hydrogen-bond donors (Lipinski definition) is 1. The number of nitrogens with one attached hydrogen (secondary N) is 1. The molecular formula is C20H26N2OS. The first-order valence-electron chi connectivity index (χ1n) is 8.83. The van der Waals surface area contributed by atoms with Gasteiger partial charge in [0.05, 0.1) is 12.6 Å². The number of benzene rings is 1. The van der Waals surface area contributed by atoms with Crippen molar-refractivity contribution in [3.05, 3.63) is 57.8 Å². The van der Waals surface area contributed by atoms with Crippen molar-refractivity contribution < 1.29 is 4.79 Å². The minimum absolute atomic E-state index is 0.112. The second-order valence-electron chi connectivity index (χ2n) is 6.52. The summed E-state index contributed by atoms with van der Waals surface area (Å²) in [4.78, 5) is 16.4. The van der Waals surface area contributed by atoms with Gasteiger partial charge < -0.3 is 5.32 Å².